The van der Waals surface area contributed by atoms with Gasteiger partial charge in [-0.2, -0.15) is 0 Å². The molecule has 2 aromatic heterocycles. The fourth-order valence-corrected chi connectivity index (χ4v) is 2.13. The number of fused-ring (bicyclic) bond motifs is 1. The van der Waals surface area contributed by atoms with Gasteiger partial charge in [-0.15, -0.1) is 0 Å². The molecule has 0 N–H and O–H groups in total. The lowest BCUT2D eigenvalue weighted by Gasteiger charge is -2.08. The second-order valence-electron chi connectivity index (χ2n) is 3.21. The highest BCUT2D eigenvalue weighted by atomic mass is 35.5. The van der Waals surface area contributed by atoms with Crippen molar-refractivity contribution in [2.24, 2.45) is 0 Å². The van der Waals surface area contributed by atoms with Crippen LogP contribution in [0.5, 0.6) is 0 Å². The lowest BCUT2D eigenvalue weighted by molar-refractivity contribution is 0.0601. The van der Waals surface area contributed by atoms with Crippen LogP contribution in [-0.4, -0.2) is 23.0 Å². The standard InChI is InChI=1S/C10H4Cl3FN2O2/c1-18-10(17)4-5(11)3-2-15-9(13)6(14)7(3)16-8(4)12/h2H,1H3. The van der Waals surface area contributed by atoms with Crippen LogP contribution in [0.3, 0.4) is 0 Å². The van der Waals surface area contributed by atoms with Crippen molar-refractivity contribution >= 4 is 51.7 Å². The quantitative estimate of drug-likeness (QED) is 0.597. The summed E-state index contributed by atoms with van der Waals surface area (Å²) in [6, 6.07) is 0. The topological polar surface area (TPSA) is 52.1 Å². The van der Waals surface area contributed by atoms with Gasteiger partial charge in [0.25, 0.3) is 0 Å². The van der Waals surface area contributed by atoms with Crippen molar-refractivity contribution in [2.75, 3.05) is 7.11 Å². The summed E-state index contributed by atoms with van der Waals surface area (Å²) in [5, 5.41) is -0.572. The highest BCUT2D eigenvalue weighted by Crippen LogP contribution is 2.33. The maximum absolute atomic E-state index is 13.7. The second-order valence-corrected chi connectivity index (χ2v) is 4.30. The van der Waals surface area contributed by atoms with Crippen LogP contribution >= 0.6 is 34.8 Å². The monoisotopic (exact) mass is 308 g/mol. The maximum Gasteiger partial charge on any atom is 0.342 e. The Morgan fingerprint density at radius 1 is 1.33 bits per heavy atom. The summed E-state index contributed by atoms with van der Waals surface area (Å²) in [5.41, 5.74) is -0.297. The number of hydrogen-bond donors (Lipinski definition) is 0. The molecule has 18 heavy (non-hydrogen) atoms. The third-order valence-electron chi connectivity index (χ3n) is 2.21. The van der Waals surface area contributed by atoms with Gasteiger partial charge in [0.2, 0.25) is 0 Å². The molecule has 0 saturated heterocycles. The molecule has 0 aliphatic carbocycles. The summed E-state index contributed by atoms with van der Waals surface area (Å²) in [6.45, 7) is 0. The average Bonchev–Trinajstić information content (AvgIpc) is 2.34. The van der Waals surface area contributed by atoms with Gasteiger partial charge in [0.1, 0.15) is 16.2 Å². The summed E-state index contributed by atoms with van der Waals surface area (Å²) in [5.74, 6) is -1.62. The van der Waals surface area contributed by atoms with E-state index >= 15 is 0 Å². The van der Waals surface area contributed by atoms with Crippen molar-refractivity contribution in [2.45, 2.75) is 0 Å². The Hall–Kier alpha value is -1.17. The van der Waals surface area contributed by atoms with Gasteiger partial charge in [-0.3, -0.25) is 0 Å². The van der Waals surface area contributed by atoms with Gasteiger partial charge in [0.15, 0.2) is 11.0 Å². The molecular formula is C10H4Cl3FN2O2. The van der Waals surface area contributed by atoms with Crippen LogP contribution in [0.4, 0.5) is 4.39 Å². The van der Waals surface area contributed by atoms with Gasteiger partial charge in [-0.1, -0.05) is 34.8 Å². The molecule has 0 spiro atoms. The molecule has 0 radical (unpaired) electrons. The first-order chi connectivity index (χ1) is 8.47. The molecule has 0 bridgehead atoms. The van der Waals surface area contributed by atoms with E-state index in [0.29, 0.717) is 0 Å². The molecule has 0 saturated carbocycles. The van der Waals surface area contributed by atoms with Crippen LogP contribution in [0.2, 0.25) is 15.3 Å². The van der Waals surface area contributed by atoms with E-state index in [0.717, 1.165) is 0 Å². The Morgan fingerprint density at radius 2 is 2.00 bits per heavy atom. The zero-order chi connectivity index (χ0) is 13.4. The number of aromatic nitrogens is 2. The molecule has 0 aromatic carbocycles. The fourth-order valence-electron chi connectivity index (χ4n) is 1.38. The molecule has 0 aliphatic rings. The van der Waals surface area contributed by atoms with E-state index in [1.165, 1.54) is 13.3 Å². The number of ether oxygens (including phenoxy) is 1. The van der Waals surface area contributed by atoms with E-state index in [1.807, 2.05) is 0 Å². The van der Waals surface area contributed by atoms with Crippen molar-refractivity contribution in [1.82, 2.24) is 9.97 Å². The average molecular weight is 310 g/mol. The number of esters is 1. The van der Waals surface area contributed by atoms with Crippen LogP contribution in [0, 0.1) is 5.82 Å². The van der Waals surface area contributed by atoms with Gasteiger partial charge in [0.05, 0.1) is 12.1 Å². The Bertz CT molecular complexity index is 663. The van der Waals surface area contributed by atoms with Crippen LogP contribution in [0.15, 0.2) is 6.20 Å². The molecule has 8 heteroatoms. The third-order valence-corrected chi connectivity index (χ3v) is 3.14. The predicted molar refractivity (Wildman–Crippen MR) is 65.9 cm³/mol. The van der Waals surface area contributed by atoms with E-state index in [9.17, 15) is 9.18 Å². The van der Waals surface area contributed by atoms with Crippen LogP contribution in [0.25, 0.3) is 10.9 Å². The Morgan fingerprint density at radius 3 is 2.61 bits per heavy atom. The lowest BCUT2D eigenvalue weighted by atomic mass is 10.2. The number of nitrogens with zero attached hydrogens (tertiary/aromatic N) is 2. The zero-order valence-corrected chi connectivity index (χ0v) is 11.1. The molecule has 94 valence electrons. The van der Waals surface area contributed by atoms with Crippen LogP contribution in [-0.2, 0) is 4.74 Å². The van der Waals surface area contributed by atoms with Crippen molar-refractivity contribution in [1.29, 1.82) is 0 Å². The number of halogens is 4. The molecular weight excluding hydrogens is 305 g/mol. The molecule has 2 heterocycles. The van der Waals surface area contributed by atoms with E-state index in [1.54, 1.807) is 0 Å². The molecule has 0 aliphatic heterocycles. The van der Waals surface area contributed by atoms with Crippen molar-refractivity contribution in [3.05, 3.63) is 32.9 Å². The number of hydrogen-bond acceptors (Lipinski definition) is 4. The first kappa shape index (κ1) is 13.3. The summed E-state index contributed by atoms with van der Waals surface area (Å²) < 4.78 is 18.2. The van der Waals surface area contributed by atoms with Crippen molar-refractivity contribution in [3.63, 3.8) is 0 Å². The number of methoxy groups -OCH3 is 1. The summed E-state index contributed by atoms with van der Waals surface area (Å²) in [7, 11) is 1.17. The van der Waals surface area contributed by atoms with E-state index in [-0.39, 0.29) is 31.8 Å². The summed E-state index contributed by atoms with van der Waals surface area (Å²) in [6.07, 6.45) is 1.21. The molecule has 4 nitrogen and oxygen atoms in total. The largest absolute Gasteiger partial charge is 0.465 e. The molecule has 2 rings (SSSR count). The van der Waals surface area contributed by atoms with Crippen molar-refractivity contribution in [3.8, 4) is 0 Å². The van der Waals surface area contributed by atoms with Gasteiger partial charge in [0, 0.05) is 11.6 Å². The van der Waals surface area contributed by atoms with Gasteiger partial charge in [-0.05, 0) is 0 Å². The number of pyridine rings is 2. The Labute approximate surface area is 116 Å². The minimum atomic E-state index is -0.852. The zero-order valence-electron chi connectivity index (χ0n) is 8.80. The van der Waals surface area contributed by atoms with Gasteiger partial charge < -0.3 is 4.74 Å². The minimum absolute atomic E-state index is 0.0834. The maximum atomic E-state index is 13.7. The SMILES string of the molecule is COC(=O)c1c(Cl)nc2c(F)c(Cl)ncc2c1Cl. The smallest absolute Gasteiger partial charge is 0.342 e. The number of carbonyl (C=O) groups is 1. The minimum Gasteiger partial charge on any atom is -0.465 e. The predicted octanol–water partition coefficient (Wildman–Crippen LogP) is 3.52. The lowest BCUT2D eigenvalue weighted by Crippen LogP contribution is -2.06. The summed E-state index contributed by atoms with van der Waals surface area (Å²) in [4.78, 5) is 18.8. The number of carbonyl (C=O) groups excluding carboxylic acids is 1. The molecule has 0 fully saturated rings. The van der Waals surface area contributed by atoms with E-state index < -0.39 is 11.8 Å². The third kappa shape index (κ3) is 1.98. The van der Waals surface area contributed by atoms with Gasteiger partial charge in [-0.25, -0.2) is 19.2 Å². The Balaban J connectivity index is 2.88. The highest BCUT2D eigenvalue weighted by molar-refractivity contribution is 6.42. The highest BCUT2D eigenvalue weighted by Gasteiger charge is 2.22. The number of rotatable bonds is 1. The van der Waals surface area contributed by atoms with E-state index in [2.05, 4.69) is 14.7 Å². The molecule has 0 unspecified atom stereocenters. The molecule has 0 amide bonds. The van der Waals surface area contributed by atoms with E-state index in [4.69, 9.17) is 34.8 Å². The summed E-state index contributed by atoms with van der Waals surface area (Å²) >= 11 is 17.3. The first-order valence-corrected chi connectivity index (χ1v) is 5.67. The van der Waals surface area contributed by atoms with Gasteiger partial charge >= 0.3 is 5.97 Å². The Kier molecular flexibility index (Phi) is 3.56. The van der Waals surface area contributed by atoms with Crippen molar-refractivity contribution < 1.29 is 13.9 Å². The fraction of sp³-hybridized carbons (Fsp3) is 0.100. The molecule has 2 aromatic rings. The first-order valence-electron chi connectivity index (χ1n) is 4.54. The second kappa shape index (κ2) is 4.84. The van der Waals surface area contributed by atoms with Crippen LogP contribution < -0.4 is 0 Å². The van der Waals surface area contributed by atoms with Crippen LogP contribution in [0.1, 0.15) is 10.4 Å². The normalized spacial score (nSPS) is 10.7. The molecule has 0 atom stereocenters.